The number of hydrogen-bond acceptors (Lipinski definition) is 1. The van der Waals surface area contributed by atoms with Crippen LogP contribution in [0.15, 0.2) is 61.2 Å². The van der Waals surface area contributed by atoms with Crippen LogP contribution in [-0.4, -0.2) is 19.9 Å². The topological polar surface area (TPSA) is 17.1 Å². The van der Waals surface area contributed by atoms with Crippen molar-refractivity contribution >= 4 is 11.9 Å². The highest BCUT2D eigenvalue weighted by atomic mass is 19.3. The summed E-state index contributed by atoms with van der Waals surface area (Å²) >= 11 is 0. The van der Waals surface area contributed by atoms with Gasteiger partial charge in [-0.3, -0.25) is 4.39 Å². The summed E-state index contributed by atoms with van der Waals surface area (Å²) in [6.07, 6.45) is 9.77. The summed E-state index contributed by atoms with van der Waals surface area (Å²) in [7, 11) is 0.500. The van der Waals surface area contributed by atoms with Crippen LogP contribution in [0.4, 0.5) is 13.2 Å². The largest absolute Gasteiger partial charge is 0.304 e. The minimum absolute atomic E-state index is 0.116. The smallest absolute Gasteiger partial charge is 0.263 e. The minimum atomic E-state index is -2.47. The first-order valence-electron chi connectivity index (χ1n) is 12.3. The molecule has 0 N–H and O–H groups in total. The van der Waals surface area contributed by atoms with Crippen molar-refractivity contribution in [1.82, 2.24) is 0 Å². The molecule has 0 unspecified atom stereocenters. The highest BCUT2D eigenvalue weighted by Gasteiger charge is 2.20. The van der Waals surface area contributed by atoms with Gasteiger partial charge in [-0.15, -0.1) is 0 Å². The van der Waals surface area contributed by atoms with Gasteiger partial charge in [-0.1, -0.05) is 106 Å². The Bertz CT molecular complexity index is 748. The highest BCUT2D eigenvalue weighted by Crippen LogP contribution is 2.33. The number of hydrogen-bond donors (Lipinski definition) is 0. The number of benzene rings is 2. The molecule has 0 bridgehead atoms. The molecule has 0 aromatic heterocycles. The van der Waals surface area contributed by atoms with E-state index in [1.807, 2.05) is 6.92 Å². The first-order chi connectivity index (χ1) is 16.4. The van der Waals surface area contributed by atoms with Gasteiger partial charge in [0.25, 0.3) is 6.43 Å². The number of aryl methyl sites for hydroxylation is 1. The second-order valence-corrected chi connectivity index (χ2v) is 8.65. The van der Waals surface area contributed by atoms with E-state index in [4.69, 9.17) is 4.79 Å². The Hall–Kier alpha value is -2.36. The van der Waals surface area contributed by atoms with E-state index < -0.39 is 6.43 Å². The maximum atomic E-state index is 12.1. The van der Waals surface area contributed by atoms with Crippen molar-refractivity contribution in [3.63, 3.8) is 0 Å². The Labute approximate surface area is 205 Å². The lowest BCUT2D eigenvalue weighted by atomic mass is 9.77. The summed E-state index contributed by atoms with van der Waals surface area (Å²) in [6, 6.07) is 17.9. The molecule has 1 fully saturated rings. The molecule has 1 aliphatic rings. The maximum absolute atomic E-state index is 12.1. The van der Waals surface area contributed by atoms with E-state index in [0.717, 1.165) is 23.7 Å². The van der Waals surface area contributed by atoms with Crippen molar-refractivity contribution in [1.29, 1.82) is 0 Å². The van der Waals surface area contributed by atoms with Gasteiger partial charge in [-0.05, 0) is 56.1 Å². The molecule has 0 spiro atoms. The van der Waals surface area contributed by atoms with Gasteiger partial charge < -0.3 is 4.79 Å². The third-order valence-corrected chi connectivity index (χ3v) is 5.99. The van der Waals surface area contributed by atoms with Crippen molar-refractivity contribution in [3.8, 4) is 0 Å². The molecule has 2 aromatic rings. The monoisotopic (exact) mass is 476 g/mol. The number of halogens is 3. The quantitative estimate of drug-likeness (QED) is 0.364. The van der Waals surface area contributed by atoms with Crippen LogP contribution in [-0.2, 0) is 11.2 Å². The summed E-state index contributed by atoms with van der Waals surface area (Å²) in [6.45, 7) is 8.97. The van der Waals surface area contributed by atoms with E-state index in [1.165, 1.54) is 63.9 Å². The zero-order valence-electron chi connectivity index (χ0n) is 21.4. The minimum Gasteiger partial charge on any atom is -0.304 e. The molecule has 2 aromatic carbocycles. The van der Waals surface area contributed by atoms with E-state index in [2.05, 4.69) is 43.8 Å². The Morgan fingerprint density at radius 1 is 0.971 bits per heavy atom. The Kier molecular flexibility index (Phi) is 18.7. The number of carbonyl (C=O) groups excluding carboxylic acids is 1. The first kappa shape index (κ1) is 31.6. The predicted octanol–water partition coefficient (Wildman–Crippen LogP) is 9.29. The van der Waals surface area contributed by atoms with Crippen molar-refractivity contribution in [2.24, 2.45) is 11.8 Å². The second-order valence-electron chi connectivity index (χ2n) is 8.65. The van der Waals surface area contributed by atoms with Gasteiger partial charge in [0.15, 0.2) is 0 Å². The van der Waals surface area contributed by atoms with Crippen LogP contribution in [0, 0.1) is 18.8 Å². The van der Waals surface area contributed by atoms with Crippen LogP contribution in [0.1, 0.15) is 75.5 Å². The van der Waals surface area contributed by atoms with E-state index in [-0.39, 0.29) is 5.57 Å². The van der Waals surface area contributed by atoms with E-state index in [1.54, 1.807) is 24.3 Å². The molecule has 0 atom stereocenters. The number of carbonyl (C=O) groups is 1. The van der Waals surface area contributed by atoms with Crippen LogP contribution in [0.5, 0.6) is 0 Å². The number of allylic oxidation sites excluding steroid dienone is 1. The van der Waals surface area contributed by atoms with Crippen molar-refractivity contribution in [2.45, 2.75) is 78.6 Å². The maximum Gasteiger partial charge on any atom is 0.263 e. The summed E-state index contributed by atoms with van der Waals surface area (Å²) in [5.74, 6) is 2.00. The average molecular weight is 477 g/mol. The summed E-state index contributed by atoms with van der Waals surface area (Å²) < 4.78 is 33.7. The van der Waals surface area contributed by atoms with E-state index >= 15 is 0 Å². The summed E-state index contributed by atoms with van der Waals surface area (Å²) in [4.78, 5) is 8.81. The molecule has 0 saturated heterocycles. The molecule has 1 saturated carbocycles. The fourth-order valence-electron chi connectivity index (χ4n) is 4.06. The molecule has 0 heterocycles. The molecule has 0 amide bonds. The Morgan fingerprint density at radius 2 is 1.47 bits per heavy atom. The molecule has 4 heteroatoms. The second kappa shape index (κ2) is 20.1. The van der Waals surface area contributed by atoms with Gasteiger partial charge in [0.1, 0.15) is 6.29 Å². The van der Waals surface area contributed by atoms with Crippen LogP contribution in [0.3, 0.4) is 0 Å². The predicted molar refractivity (Wildman–Crippen MR) is 140 cm³/mol. The normalized spacial score (nSPS) is 16.6. The molecule has 1 aliphatic carbocycles. The van der Waals surface area contributed by atoms with Gasteiger partial charge in [-0.25, -0.2) is 8.78 Å². The SMILES string of the molecule is C=C(c1ccc(C)cc1)C(F)F.CC=O.CCCCC1CCC(Cc2ccccc2)CC1.CF. The van der Waals surface area contributed by atoms with Crippen molar-refractivity contribution < 1.29 is 18.0 Å². The number of rotatable bonds is 7. The highest BCUT2D eigenvalue weighted by molar-refractivity contribution is 5.65. The molecule has 34 heavy (non-hydrogen) atoms. The molecular weight excluding hydrogens is 433 g/mol. The molecule has 1 nitrogen and oxygen atoms in total. The fourth-order valence-corrected chi connectivity index (χ4v) is 4.06. The third kappa shape index (κ3) is 14.0. The molecular formula is C30H43F3O. The summed E-state index contributed by atoms with van der Waals surface area (Å²) in [5, 5.41) is 0. The fraction of sp³-hybridized carbons (Fsp3) is 0.500. The van der Waals surface area contributed by atoms with E-state index in [0.29, 0.717) is 12.7 Å². The van der Waals surface area contributed by atoms with Gasteiger partial charge in [0, 0.05) is 5.57 Å². The Morgan fingerprint density at radius 3 is 1.94 bits per heavy atom. The lowest BCUT2D eigenvalue weighted by Gasteiger charge is -2.28. The zero-order chi connectivity index (χ0) is 25.8. The van der Waals surface area contributed by atoms with E-state index in [9.17, 15) is 13.2 Å². The van der Waals surface area contributed by atoms with Gasteiger partial charge in [0.05, 0.1) is 7.18 Å². The molecule has 190 valence electrons. The molecule has 0 radical (unpaired) electrons. The van der Waals surface area contributed by atoms with Crippen LogP contribution in [0.25, 0.3) is 5.57 Å². The first-order valence-corrected chi connectivity index (χ1v) is 12.3. The standard InChI is InChI=1S/C17H26.C10H10F2.C2H4O.CH3F/c1-2-3-7-15-10-12-17(13-11-15)14-16-8-5-4-6-9-16;1-7-3-5-9(6-4-7)8(2)10(11)12;1-2-3;1-2/h4-6,8-9,15,17H,2-3,7,10-14H2,1H3;3-6,10H,2H2,1H3;2H,1H3;1H3. The van der Waals surface area contributed by atoms with Crippen LogP contribution < -0.4 is 0 Å². The molecule has 3 rings (SSSR count). The van der Waals surface area contributed by atoms with Gasteiger partial charge in [-0.2, -0.15) is 0 Å². The number of aldehydes is 1. The van der Waals surface area contributed by atoms with Crippen LogP contribution in [0.2, 0.25) is 0 Å². The zero-order valence-corrected chi connectivity index (χ0v) is 21.4. The summed E-state index contributed by atoms with van der Waals surface area (Å²) in [5.41, 5.74) is 2.98. The average Bonchev–Trinajstić information content (AvgIpc) is 2.86. The van der Waals surface area contributed by atoms with Gasteiger partial charge in [0.2, 0.25) is 0 Å². The lowest BCUT2D eigenvalue weighted by Crippen LogP contribution is -2.16. The van der Waals surface area contributed by atoms with Gasteiger partial charge >= 0.3 is 0 Å². The number of unbranched alkanes of at least 4 members (excludes halogenated alkanes) is 1. The molecule has 0 aliphatic heterocycles. The number of alkyl halides is 3. The van der Waals surface area contributed by atoms with Crippen molar-refractivity contribution in [2.75, 3.05) is 7.18 Å². The lowest BCUT2D eigenvalue weighted by molar-refractivity contribution is -0.106. The van der Waals surface area contributed by atoms with Crippen molar-refractivity contribution in [3.05, 3.63) is 77.9 Å². The Balaban J connectivity index is 0.000000561. The third-order valence-electron chi connectivity index (χ3n) is 5.99. The van der Waals surface area contributed by atoms with Crippen LogP contribution >= 0.6 is 0 Å².